The van der Waals surface area contributed by atoms with Gasteiger partial charge in [0, 0.05) is 17.8 Å². The van der Waals surface area contributed by atoms with E-state index in [-0.39, 0.29) is 5.92 Å². The van der Waals surface area contributed by atoms with Gasteiger partial charge in [-0.3, -0.25) is 4.79 Å². The maximum absolute atomic E-state index is 10.8. The summed E-state index contributed by atoms with van der Waals surface area (Å²) >= 11 is 0. The molecule has 2 rings (SSSR count). The van der Waals surface area contributed by atoms with Crippen molar-refractivity contribution < 1.29 is 9.90 Å². The molecule has 0 amide bonds. The molecule has 0 spiro atoms. The first kappa shape index (κ1) is 11.0. The van der Waals surface area contributed by atoms with Crippen LogP contribution in [0.5, 0.6) is 0 Å². The molecule has 0 aromatic carbocycles. The SMILES string of the molecule is Cc1nc2c(c(CC(C)C(=O)O)n1)CCC2. The Morgan fingerprint density at radius 2 is 2.19 bits per heavy atom. The molecule has 1 heterocycles. The predicted octanol–water partition coefficient (Wildman–Crippen LogP) is 1.54. The fraction of sp³-hybridized carbons (Fsp3) is 0.583. The number of fused-ring (bicyclic) bond motifs is 1. The lowest BCUT2D eigenvalue weighted by Gasteiger charge is -2.10. The molecule has 0 radical (unpaired) electrons. The van der Waals surface area contributed by atoms with Gasteiger partial charge in [-0.1, -0.05) is 6.92 Å². The Morgan fingerprint density at radius 3 is 2.88 bits per heavy atom. The molecular weight excluding hydrogens is 204 g/mol. The van der Waals surface area contributed by atoms with E-state index in [9.17, 15) is 4.79 Å². The minimum absolute atomic E-state index is 0.376. The Labute approximate surface area is 94.7 Å². The number of nitrogens with zero attached hydrogens (tertiary/aromatic N) is 2. The fourth-order valence-electron chi connectivity index (χ4n) is 2.19. The van der Waals surface area contributed by atoms with Gasteiger partial charge in [-0.2, -0.15) is 0 Å². The summed E-state index contributed by atoms with van der Waals surface area (Å²) in [6.45, 7) is 3.59. The van der Waals surface area contributed by atoms with Gasteiger partial charge in [0.2, 0.25) is 0 Å². The summed E-state index contributed by atoms with van der Waals surface area (Å²) in [6, 6.07) is 0. The maximum Gasteiger partial charge on any atom is 0.306 e. The quantitative estimate of drug-likeness (QED) is 0.839. The van der Waals surface area contributed by atoms with E-state index in [4.69, 9.17) is 5.11 Å². The van der Waals surface area contributed by atoms with Gasteiger partial charge in [0.15, 0.2) is 0 Å². The van der Waals surface area contributed by atoms with Gasteiger partial charge in [0.1, 0.15) is 5.82 Å². The van der Waals surface area contributed by atoms with Crippen molar-refractivity contribution in [3.63, 3.8) is 0 Å². The topological polar surface area (TPSA) is 63.1 Å². The van der Waals surface area contributed by atoms with Crippen molar-refractivity contribution in [1.82, 2.24) is 9.97 Å². The van der Waals surface area contributed by atoms with Crippen molar-refractivity contribution in [3.05, 3.63) is 22.8 Å². The molecule has 0 aliphatic heterocycles. The zero-order chi connectivity index (χ0) is 11.7. The highest BCUT2D eigenvalue weighted by molar-refractivity contribution is 5.69. The number of carbonyl (C=O) groups is 1. The van der Waals surface area contributed by atoms with Crippen LogP contribution in [0.25, 0.3) is 0 Å². The molecular formula is C12H16N2O2. The summed E-state index contributed by atoms with van der Waals surface area (Å²) in [4.78, 5) is 19.6. The maximum atomic E-state index is 10.8. The predicted molar refractivity (Wildman–Crippen MR) is 59.3 cm³/mol. The molecule has 86 valence electrons. The molecule has 1 atom stereocenters. The van der Waals surface area contributed by atoms with Crippen LogP contribution in [0.1, 0.15) is 36.1 Å². The second-order valence-corrected chi connectivity index (χ2v) is 4.44. The van der Waals surface area contributed by atoms with Crippen LogP contribution in [0.4, 0.5) is 0 Å². The Morgan fingerprint density at radius 1 is 1.44 bits per heavy atom. The number of aliphatic carboxylic acids is 1. The van der Waals surface area contributed by atoms with Crippen LogP contribution in [0, 0.1) is 12.8 Å². The normalized spacial score (nSPS) is 15.9. The number of aryl methyl sites for hydroxylation is 2. The second kappa shape index (κ2) is 4.20. The third-order valence-electron chi connectivity index (χ3n) is 3.05. The number of rotatable bonds is 3. The highest BCUT2D eigenvalue weighted by Gasteiger charge is 2.21. The first-order chi connectivity index (χ1) is 7.58. The third kappa shape index (κ3) is 2.05. The van der Waals surface area contributed by atoms with Crippen molar-refractivity contribution in [2.24, 2.45) is 5.92 Å². The molecule has 0 saturated carbocycles. The van der Waals surface area contributed by atoms with Gasteiger partial charge >= 0.3 is 5.97 Å². The summed E-state index contributed by atoms with van der Waals surface area (Å²) in [7, 11) is 0. The van der Waals surface area contributed by atoms with Crippen molar-refractivity contribution in [2.75, 3.05) is 0 Å². The molecule has 0 fully saturated rings. The van der Waals surface area contributed by atoms with E-state index in [0.29, 0.717) is 6.42 Å². The van der Waals surface area contributed by atoms with E-state index in [2.05, 4.69) is 9.97 Å². The summed E-state index contributed by atoms with van der Waals surface area (Å²) in [5.74, 6) is -0.379. The van der Waals surface area contributed by atoms with Crippen LogP contribution in [0.2, 0.25) is 0 Å². The van der Waals surface area contributed by atoms with Crippen LogP contribution in [0.15, 0.2) is 0 Å². The molecule has 1 unspecified atom stereocenters. The van der Waals surface area contributed by atoms with Gasteiger partial charge in [0.25, 0.3) is 0 Å². The fourth-order valence-corrected chi connectivity index (χ4v) is 2.19. The Hall–Kier alpha value is -1.45. The van der Waals surface area contributed by atoms with E-state index in [1.165, 1.54) is 5.56 Å². The molecule has 16 heavy (non-hydrogen) atoms. The molecule has 1 aliphatic carbocycles. The first-order valence-electron chi connectivity index (χ1n) is 5.66. The van der Waals surface area contributed by atoms with Gasteiger partial charge in [-0.05, 0) is 31.7 Å². The van der Waals surface area contributed by atoms with Crippen molar-refractivity contribution in [3.8, 4) is 0 Å². The molecule has 0 bridgehead atoms. The Kier molecular flexibility index (Phi) is 2.90. The summed E-state index contributed by atoms with van der Waals surface area (Å²) in [5.41, 5.74) is 3.26. The Balaban J connectivity index is 2.30. The van der Waals surface area contributed by atoms with Crippen molar-refractivity contribution >= 4 is 5.97 Å². The zero-order valence-electron chi connectivity index (χ0n) is 9.66. The number of carboxylic acid groups (broad SMARTS) is 1. The first-order valence-corrected chi connectivity index (χ1v) is 5.66. The third-order valence-corrected chi connectivity index (χ3v) is 3.05. The molecule has 0 saturated heterocycles. The second-order valence-electron chi connectivity index (χ2n) is 4.44. The average Bonchev–Trinajstić information content (AvgIpc) is 2.65. The van der Waals surface area contributed by atoms with E-state index < -0.39 is 5.97 Å². The van der Waals surface area contributed by atoms with Gasteiger partial charge < -0.3 is 5.11 Å². The van der Waals surface area contributed by atoms with Crippen LogP contribution in [-0.2, 0) is 24.1 Å². The van der Waals surface area contributed by atoms with Gasteiger partial charge in [-0.25, -0.2) is 9.97 Å². The molecule has 4 nitrogen and oxygen atoms in total. The minimum Gasteiger partial charge on any atom is -0.481 e. The highest BCUT2D eigenvalue weighted by Crippen LogP contribution is 2.24. The lowest BCUT2D eigenvalue weighted by Crippen LogP contribution is -2.15. The van der Waals surface area contributed by atoms with Crippen LogP contribution in [0.3, 0.4) is 0 Å². The van der Waals surface area contributed by atoms with Crippen LogP contribution in [-0.4, -0.2) is 21.0 Å². The standard InChI is InChI=1S/C12H16N2O2/c1-7(12(15)16)6-11-9-4-3-5-10(9)13-8(2)14-11/h7H,3-6H2,1-2H3,(H,15,16). The minimum atomic E-state index is -0.761. The van der Waals surface area contributed by atoms with Crippen molar-refractivity contribution in [1.29, 1.82) is 0 Å². The smallest absolute Gasteiger partial charge is 0.306 e. The van der Waals surface area contributed by atoms with Crippen molar-refractivity contribution in [2.45, 2.75) is 39.5 Å². The molecule has 1 aromatic heterocycles. The van der Waals surface area contributed by atoms with E-state index in [1.54, 1.807) is 6.92 Å². The van der Waals surface area contributed by atoms with E-state index in [1.807, 2.05) is 6.92 Å². The highest BCUT2D eigenvalue weighted by atomic mass is 16.4. The number of hydrogen-bond acceptors (Lipinski definition) is 3. The molecule has 1 aliphatic rings. The van der Waals surface area contributed by atoms with E-state index >= 15 is 0 Å². The molecule has 1 N–H and O–H groups in total. The van der Waals surface area contributed by atoms with E-state index in [0.717, 1.165) is 36.5 Å². The lowest BCUT2D eigenvalue weighted by molar-refractivity contribution is -0.141. The zero-order valence-corrected chi connectivity index (χ0v) is 9.66. The number of carboxylic acids is 1. The summed E-state index contributed by atoms with van der Waals surface area (Å²) in [5, 5.41) is 8.92. The summed E-state index contributed by atoms with van der Waals surface area (Å²) < 4.78 is 0. The molecule has 1 aromatic rings. The number of hydrogen-bond donors (Lipinski definition) is 1. The Bertz CT molecular complexity index is 429. The lowest BCUT2D eigenvalue weighted by atomic mass is 10.0. The average molecular weight is 220 g/mol. The monoisotopic (exact) mass is 220 g/mol. The number of aromatic nitrogens is 2. The van der Waals surface area contributed by atoms with Crippen LogP contribution < -0.4 is 0 Å². The largest absolute Gasteiger partial charge is 0.481 e. The molecule has 4 heteroatoms. The summed E-state index contributed by atoms with van der Waals surface area (Å²) in [6.07, 6.45) is 3.63. The van der Waals surface area contributed by atoms with Gasteiger partial charge in [0.05, 0.1) is 5.92 Å². The van der Waals surface area contributed by atoms with Crippen LogP contribution >= 0.6 is 0 Å². The van der Waals surface area contributed by atoms with Gasteiger partial charge in [-0.15, -0.1) is 0 Å².